The summed E-state index contributed by atoms with van der Waals surface area (Å²) in [5, 5.41) is 7.08. The second-order valence-electron chi connectivity index (χ2n) is 5.31. The maximum atomic E-state index is 3.57. The lowest BCUT2D eigenvalue weighted by atomic mass is 11.0. The molecule has 13 heavy (non-hydrogen) atoms. The predicted molar refractivity (Wildman–Crippen MR) is 66.5 cm³/mol. The Hall–Kier alpha value is 0.531. The number of rotatable bonds is 1. The molecule has 1 saturated heterocycles. The van der Waals surface area contributed by atoms with Gasteiger partial charge in [-0.1, -0.05) is 39.7 Å². The summed E-state index contributed by atoms with van der Waals surface area (Å²) in [6.07, 6.45) is 0. The van der Waals surface area contributed by atoms with Crippen LogP contribution in [0.3, 0.4) is 0 Å². The van der Waals surface area contributed by atoms with Gasteiger partial charge in [0, 0.05) is 0 Å². The van der Waals surface area contributed by atoms with Gasteiger partial charge in [0.15, 0.2) is 0 Å². The van der Waals surface area contributed by atoms with E-state index in [1.54, 1.807) is 0 Å². The van der Waals surface area contributed by atoms with Crippen molar-refractivity contribution in [1.29, 1.82) is 0 Å². The third kappa shape index (κ3) is 1.59. The monoisotopic (exact) mass is 233 g/mol. The van der Waals surface area contributed by atoms with Gasteiger partial charge in [-0.3, -0.25) is 10.2 Å². The first kappa shape index (κ1) is 11.6. The van der Waals surface area contributed by atoms with Crippen LogP contribution >= 0.6 is 0 Å². The average molecular weight is 234 g/mol. The van der Waals surface area contributed by atoms with Crippen LogP contribution in [-0.4, -0.2) is 22.6 Å². The zero-order chi connectivity index (χ0) is 10.3. The van der Waals surface area contributed by atoms with E-state index in [1.165, 1.54) is 6.04 Å². The van der Waals surface area contributed by atoms with Gasteiger partial charge in [-0.15, -0.1) is 0 Å². The zero-order valence-corrected chi connectivity index (χ0v) is 12.7. The van der Waals surface area contributed by atoms with Gasteiger partial charge in [0.2, 0.25) is 0 Å². The quantitative estimate of drug-likeness (QED) is 0.597. The van der Waals surface area contributed by atoms with Crippen molar-refractivity contribution in [2.45, 2.75) is 45.7 Å². The van der Waals surface area contributed by atoms with Crippen LogP contribution in [0.2, 0.25) is 38.8 Å². The van der Waals surface area contributed by atoms with Crippen LogP contribution in [0.15, 0.2) is 0 Å². The molecular formula is C7H23N3Si3. The highest BCUT2D eigenvalue weighted by molar-refractivity contribution is 7.68. The second-order valence-corrected chi connectivity index (χ2v) is 31.7. The molecule has 78 valence electrons. The van der Waals surface area contributed by atoms with Crippen molar-refractivity contribution in [2.24, 2.45) is 0 Å². The number of hydrogen-bond donors (Lipinski definition) is 3. The summed E-state index contributed by atoms with van der Waals surface area (Å²) in [6, 6.07) is 1.34. The van der Waals surface area contributed by atoms with E-state index in [4.69, 9.17) is 0 Å². The molecule has 0 aromatic carbocycles. The summed E-state index contributed by atoms with van der Waals surface area (Å²) in [5.74, 6) is 0. The molecule has 1 aliphatic rings. The van der Waals surface area contributed by atoms with Gasteiger partial charge in [0.05, 0.1) is 7.11 Å². The third-order valence-corrected chi connectivity index (χ3v) is 43.1. The van der Waals surface area contributed by atoms with Gasteiger partial charge in [0.1, 0.15) is 15.5 Å². The lowest BCUT2D eigenvalue weighted by Gasteiger charge is -2.54. The first-order valence-corrected chi connectivity index (χ1v) is 15.8. The largest absolute Gasteiger partial charge is 0.270 e. The van der Waals surface area contributed by atoms with Crippen LogP contribution in [0.5, 0.6) is 0 Å². The summed E-state index contributed by atoms with van der Waals surface area (Å²) in [6.45, 7) is 14.9. The van der Waals surface area contributed by atoms with E-state index in [0.717, 1.165) is 0 Å². The molecule has 0 amide bonds. The van der Waals surface area contributed by atoms with E-state index in [9.17, 15) is 0 Å². The Morgan fingerprint density at radius 3 is 1.85 bits per heavy atom. The number of hydrogen-bond acceptors (Lipinski definition) is 3. The van der Waals surface area contributed by atoms with Crippen molar-refractivity contribution in [3.63, 3.8) is 0 Å². The minimum absolute atomic E-state index is 1.08. The van der Waals surface area contributed by atoms with E-state index >= 15 is 0 Å². The smallest absolute Gasteiger partial charge is 0.129 e. The van der Waals surface area contributed by atoms with Crippen LogP contribution in [-0.2, 0) is 0 Å². The lowest BCUT2D eigenvalue weighted by Crippen LogP contribution is -2.90. The molecule has 1 aliphatic heterocycles. The first-order chi connectivity index (χ1) is 5.77. The molecule has 1 rings (SSSR count). The SMILES string of the molecule is CC[Si]1(C)NNN[Si](C)(C)[Si]1(C)C. The Labute approximate surface area is 84.4 Å². The maximum absolute atomic E-state index is 3.57. The molecule has 0 aromatic rings. The third-order valence-electron chi connectivity index (χ3n) is 4.36. The summed E-state index contributed by atoms with van der Waals surface area (Å²) in [5.41, 5.74) is 3.23. The topological polar surface area (TPSA) is 36.1 Å². The highest BCUT2D eigenvalue weighted by Crippen LogP contribution is 2.29. The molecule has 0 bridgehead atoms. The molecule has 0 radical (unpaired) electrons. The zero-order valence-electron chi connectivity index (χ0n) is 9.71. The van der Waals surface area contributed by atoms with Crippen LogP contribution in [0.25, 0.3) is 0 Å². The van der Waals surface area contributed by atoms with Gasteiger partial charge in [-0.25, -0.2) is 5.53 Å². The van der Waals surface area contributed by atoms with Crippen molar-refractivity contribution in [2.75, 3.05) is 0 Å². The molecule has 3 nitrogen and oxygen atoms in total. The Morgan fingerprint density at radius 2 is 1.46 bits per heavy atom. The molecule has 0 spiro atoms. The van der Waals surface area contributed by atoms with Gasteiger partial charge >= 0.3 is 0 Å². The molecule has 3 N–H and O–H groups in total. The minimum atomic E-state index is -1.20. The van der Waals surface area contributed by atoms with Crippen LogP contribution in [0, 0.1) is 0 Å². The Kier molecular flexibility index (Phi) is 2.93. The second kappa shape index (κ2) is 3.28. The Bertz CT molecular complexity index is 207. The molecule has 1 heterocycles. The van der Waals surface area contributed by atoms with E-state index in [-0.39, 0.29) is 0 Å². The van der Waals surface area contributed by atoms with Gasteiger partial charge < -0.3 is 0 Å². The van der Waals surface area contributed by atoms with E-state index < -0.39 is 22.6 Å². The highest BCUT2D eigenvalue weighted by atomic mass is 29.6. The fourth-order valence-corrected chi connectivity index (χ4v) is 29.9. The number of hydrazine groups is 2. The van der Waals surface area contributed by atoms with Crippen molar-refractivity contribution < 1.29 is 0 Å². The standard InChI is InChI=1S/C7H23N3Si3/c1-7-13(6)10-8-9-11(2,3)12(13,4)5/h8-10H,7H2,1-6H3. The van der Waals surface area contributed by atoms with E-state index in [2.05, 4.69) is 55.4 Å². The fraction of sp³-hybridized carbons (Fsp3) is 1.00. The van der Waals surface area contributed by atoms with Crippen LogP contribution in [0.4, 0.5) is 0 Å². The Morgan fingerprint density at radius 1 is 0.923 bits per heavy atom. The highest BCUT2D eigenvalue weighted by Gasteiger charge is 2.57. The summed E-state index contributed by atoms with van der Waals surface area (Å²) in [7, 11) is -3.47. The van der Waals surface area contributed by atoms with Crippen LogP contribution in [0.1, 0.15) is 6.92 Å². The van der Waals surface area contributed by atoms with Crippen molar-refractivity contribution in [3.05, 3.63) is 0 Å². The average Bonchev–Trinajstić information content (AvgIpc) is 2.01. The molecule has 0 saturated carbocycles. The molecule has 1 atom stereocenters. The lowest BCUT2D eigenvalue weighted by molar-refractivity contribution is 0.615. The Balaban J connectivity index is 3.01. The van der Waals surface area contributed by atoms with Crippen molar-refractivity contribution in [3.8, 4) is 0 Å². The molecular weight excluding hydrogens is 210 g/mol. The normalized spacial score (nSPS) is 37.4. The molecule has 6 heteroatoms. The molecule has 1 fully saturated rings. The summed E-state index contributed by atoms with van der Waals surface area (Å²) >= 11 is 0. The van der Waals surface area contributed by atoms with Crippen molar-refractivity contribution >= 4 is 22.6 Å². The van der Waals surface area contributed by atoms with Crippen LogP contribution < -0.4 is 15.7 Å². The van der Waals surface area contributed by atoms with Crippen molar-refractivity contribution in [1.82, 2.24) is 15.7 Å². The van der Waals surface area contributed by atoms with Gasteiger partial charge in [0.25, 0.3) is 0 Å². The molecule has 0 aromatic heterocycles. The molecule has 0 aliphatic carbocycles. The first-order valence-electron chi connectivity index (χ1n) is 5.06. The summed E-state index contributed by atoms with van der Waals surface area (Å²) < 4.78 is 0. The van der Waals surface area contributed by atoms with Gasteiger partial charge in [-0.05, 0) is 6.04 Å². The number of nitrogens with one attached hydrogen (secondary N) is 3. The van der Waals surface area contributed by atoms with E-state index in [0.29, 0.717) is 0 Å². The minimum Gasteiger partial charge on any atom is -0.270 e. The van der Waals surface area contributed by atoms with Gasteiger partial charge in [-0.2, -0.15) is 0 Å². The summed E-state index contributed by atoms with van der Waals surface area (Å²) in [4.78, 5) is 0. The fourth-order valence-electron chi connectivity index (χ4n) is 1.86. The maximum Gasteiger partial charge on any atom is 0.129 e. The molecule has 1 unspecified atom stereocenters. The predicted octanol–water partition coefficient (Wildman–Crippen LogP) is 1.26. The van der Waals surface area contributed by atoms with E-state index in [1.807, 2.05) is 0 Å².